The molecular formula is C15H20O5S. The summed E-state index contributed by atoms with van der Waals surface area (Å²) in [6, 6.07) is 8.92. The molecule has 0 bridgehead atoms. The van der Waals surface area contributed by atoms with Gasteiger partial charge >= 0.3 is 11.9 Å². The minimum Gasteiger partial charge on any atom is -0.465 e. The van der Waals surface area contributed by atoms with Crippen molar-refractivity contribution >= 4 is 22.7 Å². The van der Waals surface area contributed by atoms with Crippen LogP contribution >= 0.6 is 0 Å². The first-order valence-electron chi connectivity index (χ1n) is 6.86. The average Bonchev–Trinajstić information content (AvgIpc) is 2.48. The van der Waals surface area contributed by atoms with Crippen LogP contribution in [0.4, 0.5) is 0 Å². The Hall–Kier alpha value is -1.69. The predicted molar refractivity (Wildman–Crippen MR) is 79.1 cm³/mol. The van der Waals surface area contributed by atoms with Gasteiger partial charge in [-0.1, -0.05) is 18.2 Å². The average molecular weight is 312 g/mol. The van der Waals surface area contributed by atoms with Gasteiger partial charge in [-0.2, -0.15) is 0 Å². The maximum Gasteiger partial charge on any atom is 0.320 e. The second-order valence-electron chi connectivity index (χ2n) is 4.21. The molecule has 0 N–H and O–H groups in total. The van der Waals surface area contributed by atoms with E-state index >= 15 is 0 Å². The third-order valence-corrected chi connectivity index (χ3v) is 4.14. The minimum atomic E-state index is -1.26. The molecule has 0 spiro atoms. The number of esters is 2. The molecule has 0 aliphatic carbocycles. The van der Waals surface area contributed by atoms with Crippen molar-refractivity contribution in [1.29, 1.82) is 0 Å². The molecule has 116 valence electrons. The van der Waals surface area contributed by atoms with Crippen LogP contribution in [0.5, 0.6) is 0 Å². The number of carbonyl (C=O) groups excluding carboxylic acids is 2. The van der Waals surface area contributed by atoms with Gasteiger partial charge in [0.1, 0.15) is 0 Å². The lowest BCUT2D eigenvalue weighted by Crippen LogP contribution is -2.29. The molecule has 21 heavy (non-hydrogen) atoms. The van der Waals surface area contributed by atoms with Crippen molar-refractivity contribution in [2.45, 2.75) is 25.2 Å². The first-order chi connectivity index (χ1) is 10.1. The third kappa shape index (κ3) is 5.67. The van der Waals surface area contributed by atoms with Crippen LogP contribution in [-0.2, 0) is 29.9 Å². The molecule has 0 unspecified atom stereocenters. The fourth-order valence-corrected chi connectivity index (χ4v) is 2.88. The SMILES string of the molecule is CCOC(=O)C(CC[S@@](=O)c1ccccc1)C(=O)OCC. The van der Waals surface area contributed by atoms with Crippen LogP contribution in [0.15, 0.2) is 35.2 Å². The van der Waals surface area contributed by atoms with Crippen LogP contribution in [0.1, 0.15) is 20.3 Å². The van der Waals surface area contributed by atoms with Gasteiger partial charge in [-0.3, -0.25) is 13.8 Å². The summed E-state index contributed by atoms with van der Waals surface area (Å²) >= 11 is 0. The van der Waals surface area contributed by atoms with E-state index in [-0.39, 0.29) is 25.4 Å². The summed E-state index contributed by atoms with van der Waals surface area (Å²) in [6.45, 7) is 3.72. The number of benzene rings is 1. The van der Waals surface area contributed by atoms with E-state index in [1.807, 2.05) is 6.07 Å². The molecule has 6 heteroatoms. The Morgan fingerprint density at radius 3 is 2.05 bits per heavy atom. The highest BCUT2D eigenvalue weighted by Gasteiger charge is 2.29. The number of carbonyl (C=O) groups is 2. The largest absolute Gasteiger partial charge is 0.465 e. The highest BCUT2D eigenvalue weighted by atomic mass is 32.2. The molecule has 1 atom stereocenters. The van der Waals surface area contributed by atoms with Gasteiger partial charge in [0.15, 0.2) is 5.92 Å². The van der Waals surface area contributed by atoms with Crippen molar-refractivity contribution in [2.24, 2.45) is 5.92 Å². The Labute approximate surface area is 127 Å². The lowest BCUT2D eigenvalue weighted by molar-refractivity contribution is -0.161. The molecule has 0 amide bonds. The molecule has 1 aromatic rings. The number of hydrogen-bond donors (Lipinski definition) is 0. The second-order valence-corrected chi connectivity index (χ2v) is 5.78. The highest BCUT2D eigenvalue weighted by Crippen LogP contribution is 2.13. The van der Waals surface area contributed by atoms with E-state index in [4.69, 9.17) is 9.47 Å². The zero-order chi connectivity index (χ0) is 15.7. The van der Waals surface area contributed by atoms with Crippen molar-refractivity contribution < 1.29 is 23.3 Å². The van der Waals surface area contributed by atoms with Gasteiger partial charge < -0.3 is 9.47 Å². The van der Waals surface area contributed by atoms with Crippen LogP contribution in [0.3, 0.4) is 0 Å². The van der Waals surface area contributed by atoms with Crippen molar-refractivity contribution in [3.8, 4) is 0 Å². The van der Waals surface area contributed by atoms with Crippen LogP contribution in [0.2, 0.25) is 0 Å². The molecule has 0 fully saturated rings. The first-order valence-corrected chi connectivity index (χ1v) is 8.18. The number of hydrogen-bond acceptors (Lipinski definition) is 5. The summed E-state index contributed by atoms with van der Waals surface area (Å²) in [4.78, 5) is 24.2. The number of rotatable bonds is 8. The molecule has 0 radical (unpaired) electrons. The van der Waals surface area contributed by atoms with Crippen molar-refractivity contribution in [1.82, 2.24) is 0 Å². The molecule has 1 rings (SSSR count). The summed E-state index contributed by atoms with van der Waals surface area (Å²) in [7, 11) is -1.26. The molecule has 0 aromatic heterocycles. The zero-order valence-corrected chi connectivity index (χ0v) is 13.1. The van der Waals surface area contributed by atoms with E-state index in [2.05, 4.69) is 0 Å². The zero-order valence-electron chi connectivity index (χ0n) is 12.2. The molecule has 0 saturated carbocycles. The fraction of sp³-hybridized carbons (Fsp3) is 0.467. The summed E-state index contributed by atoms with van der Waals surface area (Å²) in [6.07, 6.45) is 0.138. The highest BCUT2D eigenvalue weighted by molar-refractivity contribution is 7.85. The molecule has 0 aliphatic heterocycles. The van der Waals surface area contributed by atoms with Crippen molar-refractivity contribution in [3.05, 3.63) is 30.3 Å². The quantitative estimate of drug-likeness (QED) is 0.542. The normalized spacial score (nSPS) is 12.0. The van der Waals surface area contributed by atoms with Gasteiger partial charge in [-0.25, -0.2) is 0 Å². The van der Waals surface area contributed by atoms with Gasteiger partial charge in [0, 0.05) is 10.6 Å². The van der Waals surface area contributed by atoms with Crippen molar-refractivity contribution in [3.63, 3.8) is 0 Å². The first kappa shape index (κ1) is 17.4. The molecule has 5 nitrogen and oxygen atoms in total. The molecular weight excluding hydrogens is 292 g/mol. The Morgan fingerprint density at radius 1 is 1.05 bits per heavy atom. The lowest BCUT2D eigenvalue weighted by atomic mass is 10.1. The Bertz CT molecular complexity index is 468. The van der Waals surface area contributed by atoms with Crippen molar-refractivity contribution in [2.75, 3.05) is 19.0 Å². The van der Waals surface area contributed by atoms with E-state index < -0.39 is 28.7 Å². The standard InChI is InChI=1S/C15H20O5S/c1-3-19-14(16)13(15(17)20-4-2)10-11-21(18)12-8-6-5-7-9-12/h5-9,13H,3-4,10-11H2,1-2H3/t21-/m1/s1. The molecule has 0 saturated heterocycles. The van der Waals surface area contributed by atoms with Crippen LogP contribution < -0.4 is 0 Å². The Kier molecular flexibility index (Phi) is 7.68. The summed E-state index contributed by atoms with van der Waals surface area (Å²) in [5, 5.41) is 0. The second kappa shape index (κ2) is 9.28. The maximum atomic E-state index is 12.1. The molecule has 0 heterocycles. The number of ether oxygens (including phenoxy) is 2. The van der Waals surface area contributed by atoms with Gasteiger partial charge in [-0.05, 0) is 32.4 Å². The summed E-state index contributed by atoms with van der Waals surface area (Å²) in [5.74, 6) is -2.06. The van der Waals surface area contributed by atoms with E-state index in [9.17, 15) is 13.8 Å². The van der Waals surface area contributed by atoms with E-state index in [1.54, 1.807) is 38.1 Å². The molecule has 1 aromatic carbocycles. The Morgan fingerprint density at radius 2 is 1.57 bits per heavy atom. The lowest BCUT2D eigenvalue weighted by Gasteiger charge is -2.14. The fourth-order valence-electron chi connectivity index (χ4n) is 1.73. The maximum absolute atomic E-state index is 12.1. The Balaban J connectivity index is 2.66. The van der Waals surface area contributed by atoms with Crippen LogP contribution in [0, 0.1) is 5.92 Å². The molecule has 0 aliphatic rings. The topological polar surface area (TPSA) is 69.7 Å². The predicted octanol–water partition coefficient (Wildman–Crippen LogP) is 1.93. The van der Waals surface area contributed by atoms with Crippen LogP contribution in [0.25, 0.3) is 0 Å². The summed E-state index contributed by atoms with van der Waals surface area (Å²) in [5.41, 5.74) is 0. The minimum absolute atomic E-state index is 0.138. The van der Waals surface area contributed by atoms with E-state index in [0.29, 0.717) is 4.90 Å². The van der Waals surface area contributed by atoms with Crippen LogP contribution in [-0.4, -0.2) is 35.1 Å². The summed E-state index contributed by atoms with van der Waals surface area (Å²) < 4.78 is 21.9. The monoisotopic (exact) mass is 312 g/mol. The van der Waals surface area contributed by atoms with Gasteiger partial charge in [0.25, 0.3) is 0 Å². The smallest absolute Gasteiger partial charge is 0.320 e. The van der Waals surface area contributed by atoms with E-state index in [0.717, 1.165) is 0 Å². The van der Waals surface area contributed by atoms with Gasteiger partial charge in [-0.15, -0.1) is 0 Å². The third-order valence-electron chi connectivity index (χ3n) is 2.74. The van der Waals surface area contributed by atoms with Gasteiger partial charge in [0.2, 0.25) is 0 Å². The van der Waals surface area contributed by atoms with Gasteiger partial charge in [0.05, 0.1) is 24.0 Å². The van der Waals surface area contributed by atoms with E-state index in [1.165, 1.54) is 0 Å².